The number of carboxylic acids is 1. The average Bonchev–Trinajstić information content (AvgIpc) is 2.25. The van der Waals surface area contributed by atoms with Gasteiger partial charge in [-0.25, -0.2) is 13.1 Å². The van der Waals surface area contributed by atoms with Crippen molar-refractivity contribution in [2.75, 3.05) is 0 Å². The third kappa shape index (κ3) is 3.54. The number of sulfonamides is 1. The lowest BCUT2D eigenvalue weighted by Gasteiger charge is -2.32. The zero-order chi connectivity index (χ0) is 14.0. The van der Waals surface area contributed by atoms with Crippen molar-refractivity contribution in [2.24, 2.45) is 5.92 Å². The largest absolute Gasteiger partial charge is 0.481 e. The standard InChI is InChI=1S/C13H17NO4S/c1-9-4-2-3-5-10(9)8-19(17,18)14-12-6-11(7-12)13(15)16/h2-5,11-12,14H,6-8H2,1H3,(H,15,16). The molecule has 2 N–H and O–H groups in total. The lowest BCUT2D eigenvalue weighted by Crippen LogP contribution is -2.46. The summed E-state index contributed by atoms with van der Waals surface area (Å²) in [6.07, 6.45) is 0.755. The molecule has 0 radical (unpaired) electrons. The van der Waals surface area contributed by atoms with Gasteiger partial charge in [-0.3, -0.25) is 4.79 Å². The van der Waals surface area contributed by atoms with Crippen LogP contribution in [0.25, 0.3) is 0 Å². The van der Waals surface area contributed by atoms with E-state index in [-0.39, 0.29) is 11.8 Å². The van der Waals surface area contributed by atoms with Gasteiger partial charge in [0.1, 0.15) is 0 Å². The first kappa shape index (κ1) is 14.0. The summed E-state index contributed by atoms with van der Waals surface area (Å²) in [5, 5.41) is 8.74. The van der Waals surface area contributed by atoms with Crippen LogP contribution in [-0.4, -0.2) is 25.5 Å². The van der Waals surface area contributed by atoms with Crippen LogP contribution in [0.2, 0.25) is 0 Å². The minimum Gasteiger partial charge on any atom is -0.481 e. The number of carbonyl (C=O) groups is 1. The van der Waals surface area contributed by atoms with Crippen LogP contribution in [-0.2, 0) is 20.6 Å². The predicted octanol–water partition coefficient (Wildman–Crippen LogP) is 1.28. The fourth-order valence-electron chi connectivity index (χ4n) is 2.19. The molecule has 0 aliphatic heterocycles. The van der Waals surface area contributed by atoms with E-state index in [9.17, 15) is 13.2 Å². The van der Waals surface area contributed by atoms with Gasteiger partial charge in [0.15, 0.2) is 0 Å². The molecule has 1 aliphatic rings. The van der Waals surface area contributed by atoms with E-state index < -0.39 is 21.9 Å². The van der Waals surface area contributed by atoms with Gasteiger partial charge in [0, 0.05) is 6.04 Å². The summed E-state index contributed by atoms with van der Waals surface area (Å²) in [6.45, 7) is 1.87. The van der Waals surface area contributed by atoms with Gasteiger partial charge in [0.2, 0.25) is 10.0 Å². The minimum atomic E-state index is -3.41. The highest BCUT2D eigenvalue weighted by Crippen LogP contribution is 2.28. The van der Waals surface area contributed by atoms with Crippen LogP contribution in [0.3, 0.4) is 0 Å². The van der Waals surface area contributed by atoms with Crippen LogP contribution in [0.4, 0.5) is 0 Å². The lowest BCUT2D eigenvalue weighted by molar-refractivity contribution is -0.145. The summed E-state index contributed by atoms with van der Waals surface area (Å²) in [5.74, 6) is -1.33. The molecular weight excluding hydrogens is 266 g/mol. The summed E-state index contributed by atoms with van der Waals surface area (Å²) in [4.78, 5) is 10.7. The molecule has 1 saturated carbocycles. The Labute approximate surface area is 112 Å². The predicted molar refractivity (Wildman–Crippen MR) is 71.1 cm³/mol. The van der Waals surface area contributed by atoms with Crippen LogP contribution < -0.4 is 4.72 Å². The fourth-order valence-corrected chi connectivity index (χ4v) is 3.71. The Balaban J connectivity index is 1.94. The Bertz CT molecular complexity index is 576. The van der Waals surface area contributed by atoms with Crippen LogP contribution in [0, 0.1) is 12.8 Å². The Hall–Kier alpha value is -1.40. The maximum absolute atomic E-state index is 12.0. The monoisotopic (exact) mass is 283 g/mol. The summed E-state index contributed by atoms with van der Waals surface area (Å²) in [6, 6.07) is 7.09. The van der Waals surface area contributed by atoms with Crippen molar-refractivity contribution in [3.63, 3.8) is 0 Å². The molecule has 2 rings (SSSR count). The van der Waals surface area contributed by atoms with E-state index in [1.165, 1.54) is 0 Å². The van der Waals surface area contributed by atoms with Crippen molar-refractivity contribution in [3.05, 3.63) is 35.4 Å². The van der Waals surface area contributed by atoms with Crippen molar-refractivity contribution >= 4 is 16.0 Å². The van der Waals surface area contributed by atoms with E-state index >= 15 is 0 Å². The van der Waals surface area contributed by atoms with E-state index in [4.69, 9.17) is 5.11 Å². The first-order valence-electron chi connectivity index (χ1n) is 6.15. The second kappa shape index (κ2) is 5.30. The Morgan fingerprint density at radius 3 is 2.58 bits per heavy atom. The highest BCUT2D eigenvalue weighted by Gasteiger charge is 2.36. The van der Waals surface area contributed by atoms with E-state index in [0.29, 0.717) is 12.8 Å². The Morgan fingerprint density at radius 2 is 2.00 bits per heavy atom. The fraction of sp³-hybridized carbons (Fsp3) is 0.462. The van der Waals surface area contributed by atoms with Gasteiger partial charge in [-0.15, -0.1) is 0 Å². The van der Waals surface area contributed by atoms with Crippen LogP contribution in [0.15, 0.2) is 24.3 Å². The van der Waals surface area contributed by atoms with E-state index in [2.05, 4.69) is 4.72 Å². The Morgan fingerprint density at radius 1 is 1.37 bits per heavy atom. The molecule has 0 unspecified atom stereocenters. The van der Waals surface area contributed by atoms with Crippen LogP contribution in [0.1, 0.15) is 24.0 Å². The van der Waals surface area contributed by atoms with Crippen molar-refractivity contribution < 1.29 is 18.3 Å². The second-order valence-corrected chi connectivity index (χ2v) is 6.76. The number of benzene rings is 1. The molecule has 1 aromatic carbocycles. The van der Waals surface area contributed by atoms with Gasteiger partial charge in [-0.2, -0.15) is 0 Å². The molecule has 0 bridgehead atoms. The number of hydrogen-bond acceptors (Lipinski definition) is 3. The van der Waals surface area contributed by atoms with Gasteiger partial charge in [0.25, 0.3) is 0 Å². The molecule has 5 nitrogen and oxygen atoms in total. The van der Waals surface area contributed by atoms with Crippen molar-refractivity contribution in [1.29, 1.82) is 0 Å². The minimum absolute atomic E-state index is 0.0616. The van der Waals surface area contributed by atoms with Crippen LogP contribution in [0.5, 0.6) is 0 Å². The molecule has 19 heavy (non-hydrogen) atoms. The van der Waals surface area contributed by atoms with E-state index in [1.807, 2.05) is 25.1 Å². The third-order valence-corrected chi connectivity index (χ3v) is 4.82. The van der Waals surface area contributed by atoms with Crippen LogP contribution >= 0.6 is 0 Å². The van der Waals surface area contributed by atoms with Crippen molar-refractivity contribution in [2.45, 2.75) is 31.6 Å². The molecule has 0 spiro atoms. The second-order valence-electron chi connectivity index (χ2n) is 5.01. The first-order valence-corrected chi connectivity index (χ1v) is 7.80. The highest BCUT2D eigenvalue weighted by atomic mass is 32.2. The van der Waals surface area contributed by atoms with Gasteiger partial charge >= 0.3 is 5.97 Å². The maximum Gasteiger partial charge on any atom is 0.306 e. The number of aryl methyl sites for hydroxylation is 1. The molecule has 1 aromatic rings. The van der Waals surface area contributed by atoms with Gasteiger partial charge < -0.3 is 5.11 Å². The Kier molecular flexibility index (Phi) is 3.91. The molecule has 0 saturated heterocycles. The third-order valence-electron chi connectivity index (χ3n) is 3.44. The summed E-state index contributed by atoms with van der Waals surface area (Å²) in [5.41, 5.74) is 1.70. The molecule has 0 heterocycles. The molecule has 6 heteroatoms. The molecule has 0 atom stereocenters. The zero-order valence-electron chi connectivity index (χ0n) is 10.7. The van der Waals surface area contributed by atoms with Gasteiger partial charge in [0.05, 0.1) is 11.7 Å². The summed E-state index contributed by atoms with van der Waals surface area (Å²) in [7, 11) is -3.41. The molecule has 104 valence electrons. The van der Waals surface area contributed by atoms with E-state index in [1.54, 1.807) is 6.07 Å². The molecule has 1 fully saturated rings. The number of nitrogens with one attached hydrogen (secondary N) is 1. The SMILES string of the molecule is Cc1ccccc1CS(=O)(=O)NC1CC(C(=O)O)C1. The van der Waals surface area contributed by atoms with Gasteiger partial charge in [-0.1, -0.05) is 24.3 Å². The zero-order valence-corrected chi connectivity index (χ0v) is 11.5. The summed E-state index contributed by atoms with van der Waals surface area (Å²) >= 11 is 0. The van der Waals surface area contributed by atoms with E-state index in [0.717, 1.165) is 11.1 Å². The molecule has 0 aromatic heterocycles. The molecule has 0 amide bonds. The topological polar surface area (TPSA) is 83.5 Å². The average molecular weight is 283 g/mol. The maximum atomic E-state index is 12.0. The molecule has 1 aliphatic carbocycles. The smallest absolute Gasteiger partial charge is 0.306 e. The number of hydrogen-bond donors (Lipinski definition) is 2. The number of carboxylic acid groups (broad SMARTS) is 1. The highest BCUT2D eigenvalue weighted by molar-refractivity contribution is 7.88. The quantitative estimate of drug-likeness (QED) is 0.852. The lowest BCUT2D eigenvalue weighted by atomic mass is 9.81. The normalized spacial score (nSPS) is 22.8. The van der Waals surface area contributed by atoms with Gasteiger partial charge in [-0.05, 0) is 30.9 Å². The molecular formula is C13H17NO4S. The first-order chi connectivity index (χ1) is 8.87. The van der Waals surface area contributed by atoms with Crippen molar-refractivity contribution in [1.82, 2.24) is 4.72 Å². The van der Waals surface area contributed by atoms with Crippen molar-refractivity contribution in [3.8, 4) is 0 Å². The number of aliphatic carboxylic acids is 1. The summed E-state index contributed by atoms with van der Waals surface area (Å²) < 4.78 is 26.5. The number of rotatable bonds is 5.